The van der Waals surface area contributed by atoms with Crippen LogP contribution in [0.2, 0.25) is 0 Å². The topological polar surface area (TPSA) is 68.3 Å². The van der Waals surface area contributed by atoms with Gasteiger partial charge in [0.15, 0.2) is 11.5 Å². The van der Waals surface area contributed by atoms with E-state index < -0.39 is 0 Å². The summed E-state index contributed by atoms with van der Waals surface area (Å²) in [6.07, 6.45) is 8.13. The summed E-state index contributed by atoms with van der Waals surface area (Å²) in [5.74, 6) is 3.13. The first kappa shape index (κ1) is 15.1. The average molecular weight is 326 g/mol. The lowest BCUT2D eigenvalue weighted by atomic mass is 9.96. The van der Waals surface area contributed by atoms with Gasteiger partial charge in [-0.05, 0) is 36.6 Å². The van der Waals surface area contributed by atoms with Crippen LogP contribution in [0.5, 0.6) is 11.5 Å². The summed E-state index contributed by atoms with van der Waals surface area (Å²) in [4.78, 5) is 8.90. The van der Waals surface area contributed by atoms with Crippen molar-refractivity contribution in [2.75, 3.05) is 17.4 Å². The minimum Gasteiger partial charge on any atom is -0.454 e. The second-order valence-electron chi connectivity index (χ2n) is 6.29. The fourth-order valence-corrected chi connectivity index (χ4v) is 3.20. The Bertz CT molecular complexity index is 701. The Morgan fingerprint density at radius 1 is 1.04 bits per heavy atom. The minimum absolute atomic E-state index is 0.300. The number of aromatic nitrogens is 2. The van der Waals surface area contributed by atoms with Crippen molar-refractivity contribution in [2.45, 2.75) is 44.7 Å². The van der Waals surface area contributed by atoms with Crippen LogP contribution in [0.3, 0.4) is 0 Å². The van der Waals surface area contributed by atoms with Crippen molar-refractivity contribution in [3.8, 4) is 11.5 Å². The maximum absolute atomic E-state index is 5.41. The van der Waals surface area contributed by atoms with Crippen molar-refractivity contribution < 1.29 is 9.47 Å². The number of rotatable bonds is 5. The van der Waals surface area contributed by atoms with E-state index in [9.17, 15) is 0 Å². The summed E-state index contributed by atoms with van der Waals surface area (Å²) in [7, 11) is 0. The molecule has 0 saturated heterocycles. The Kier molecular flexibility index (Phi) is 4.36. The molecular weight excluding hydrogens is 304 g/mol. The minimum atomic E-state index is 0.300. The summed E-state index contributed by atoms with van der Waals surface area (Å²) < 4.78 is 10.7. The number of ether oxygens (including phenoxy) is 2. The molecule has 0 spiro atoms. The van der Waals surface area contributed by atoms with Gasteiger partial charge < -0.3 is 20.1 Å². The van der Waals surface area contributed by atoms with E-state index in [0.29, 0.717) is 25.3 Å². The van der Waals surface area contributed by atoms with Crippen LogP contribution in [-0.4, -0.2) is 22.8 Å². The van der Waals surface area contributed by atoms with E-state index in [4.69, 9.17) is 9.47 Å². The molecule has 6 nitrogen and oxygen atoms in total. The van der Waals surface area contributed by atoms with Crippen LogP contribution in [0.25, 0.3) is 0 Å². The first-order valence-electron chi connectivity index (χ1n) is 8.59. The summed E-state index contributed by atoms with van der Waals surface area (Å²) in [6, 6.07) is 8.36. The fourth-order valence-electron chi connectivity index (χ4n) is 3.20. The molecule has 1 aliphatic carbocycles. The predicted octanol–water partition coefficient (Wildman–Crippen LogP) is 3.56. The molecule has 2 aromatic rings. The molecule has 1 saturated carbocycles. The molecule has 0 radical (unpaired) electrons. The number of hydrogen-bond acceptors (Lipinski definition) is 6. The fraction of sp³-hybridized carbons (Fsp3) is 0.444. The summed E-state index contributed by atoms with van der Waals surface area (Å²) in [5, 5.41) is 6.80. The smallest absolute Gasteiger partial charge is 0.231 e. The molecule has 6 heteroatoms. The van der Waals surface area contributed by atoms with E-state index in [1.165, 1.54) is 32.1 Å². The van der Waals surface area contributed by atoms with Crippen LogP contribution in [0.4, 0.5) is 11.8 Å². The third-order valence-corrected chi connectivity index (χ3v) is 4.50. The van der Waals surface area contributed by atoms with Crippen molar-refractivity contribution >= 4 is 11.8 Å². The lowest BCUT2D eigenvalue weighted by molar-refractivity contribution is 0.174. The molecule has 0 bridgehead atoms. The van der Waals surface area contributed by atoms with Gasteiger partial charge in [-0.2, -0.15) is 4.98 Å². The number of benzene rings is 1. The number of anilines is 2. The highest BCUT2D eigenvalue weighted by atomic mass is 16.7. The van der Waals surface area contributed by atoms with Gasteiger partial charge in [0, 0.05) is 18.8 Å². The highest BCUT2D eigenvalue weighted by Gasteiger charge is 2.15. The van der Waals surface area contributed by atoms with Gasteiger partial charge in [0.25, 0.3) is 0 Å². The molecule has 2 heterocycles. The molecule has 126 valence electrons. The lowest BCUT2D eigenvalue weighted by Crippen LogP contribution is -2.23. The Hall–Kier alpha value is -2.50. The number of hydrogen-bond donors (Lipinski definition) is 2. The van der Waals surface area contributed by atoms with E-state index in [1.807, 2.05) is 24.3 Å². The van der Waals surface area contributed by atoms with E-state index in [0.717, 1.165) is 22.9 Å². The summed E-state index contributed by atoms with van der Waals surface area (Å²) in [5.41, 5.74) is 1.12. The number of nitrogens with zero attached hydrogens (tertiary/aromatic N) is 2. The molecule has 1 aromatic carbocycles. The monoisotopic (exact) mass is 326 g/mol. The van der Waals surface area contributed by atoms with Crippen molar-refractivity contribution in [3.63, 3.8) is 0 Å². The maximum atomic E-state index is 5.41. The highest BCUT2D eigenvalue weighted by molar-refractivity contribution is 5.46. The molecule has 1 aromatic heterocycles. The first-order valence-corrected chi connectivity index (χ1v) is 8.59. The molecular formula is C18H22N4O2. The zero-order valence-corrected chi connectivity index (χ0v) is 13.6. The van der Waals surface area contributed by atoms with Gasteiger partial charge >= 0.3 is 0 Å². The SMILES string of the molecule is c1cc(NCc2ccc3c(c2)OCO3)nc(NC2CCCCC2)n1. The first-order chi connectivity index (χ1) is 11.9. The van der Waals surface area contributed by atoms with Crippen molar-refractivity contribution in [3.05, 3.63) is 36.0 Å². The van der Waals surface area contributed by atoms with Crippen molar-refractivity contribution in [2.24, 2.45) is 0 Å². The second-order valence-corrected chi connectivity index (χ2v) is 6.29. The third-order valence-electron chi connectivity index (χ3n) is 4.50. The molecule has 2 N–H and O–H groups in total. The highest BCUT2D eigenvalue weighted by Crippen LogP contribution is 2.32. The zero-order valence-electron chi connectivity index (χ0n) is 13.6. The molecule has 0 unspecified atom stereocenters. The molecule has 24 heavy (non-hydrogen) atoms. The second kappa shape index (κ2) is 6.95. The van der Waals surface area contributed by atoms with Gasteiger partial charge in [-0.1, -0.05) is 25.3 Å². The standard InChI is InChI=1S/C18H22N4O2/c1-2-4-14(5-3-1)21-18-19-9-8-17(22-18)20-11-13-6-7-15-16(10-13)24-12-23-15/h6-10,14H,1-5,11-12H2,(H2,19,20,21,22). The molecule has 1 fully saturated rings. The Morgan fingerprint density at radius 3 is 2.83 bits per heavy atom. The predicted molar refractivity (Wildman–Crippen MR) is 92.4 cm³/mol. The van der Waals surface area contributed by atoms with E-state index in [2.05, 4.69) is 20.6 Å². The van der Waals surface area contributed by atoms with Gasteiger partial charge in [-0.25, -0.2) is 4.98 Å². The van der Waals surface area contributed by atoms with Gasteiger partial charge in [-0.3, -0.25) is 0 Å². The average Bonchev–Trinajstić information content (AvgIpc) is 3.09. The van der Waals surface area contributed by atoms with Gasteiger partial charge in [-0.15, -0.1) is 0 Å². The van der Waals surface area contributed by atoms with Crippen LogP contribution in [-0.2, 0) is 6.54 Å². The largest absolute Gasteiger partial charge is 0.454 e. The van der Waals surface area contributed by atoms with Crippen LogP contribution in [0.15, 0.2) is 30.5 Å². The van der Waals surface area contributed by atoms with E-state index in [-0.39, 0.29) is 0 Å². The summed E-state index contributed by atoms with van der Waals surface area (Å²) >= 11 is 0. The number of fused-ring (bicyclic) bond motifs is 1. The van der Waals surface area contributed by atoms with Crippen LogP contribution >= 0.6 is 0 Å². The van der Waals surface area contributed by atoms with E-state index >= 15 is 0 Å². The van der Waals surface area contributed by atoms with E-state index in [1.54, 1.807) is 6.20 Å². The lowest BCUT2D eigenvalue weighted by Gasteiger charge is -2.22. The maximum Gasteiger partial charge on any atom is 0.231 e. The number of nitrogens with one attached hydrogen (secondary N) is 2. The van der Waals surface area contributed by atoms with Crippen LogP contribution in [0.1, 0.15) is 37.7 Å². The summed E-state index contributed by atoms with van der Waals surface area (Å²) in [6.45, 7) is 0.977. The van der Waals surface area contributed by atoms with Gasteiger partial charge in [0.2, 0.25) is 12.7 Å². The molecule has 0 atom stereocenters. The van der Waals surface area contributed by atoms with Crippen molar-refractivity contribution in [1.29, 1.82) is 0 Å². The van der Waals surface area contributed by atoms with Gasteiger partial charge in [0.1, 0.15) is 5.82 Å². The van der Waals surface area contributed by atoms with Crippen LogP contribution in [0, 0.1) is 0 Å². The molecule has 1 aliphatic heterocycles. The Balaban J connectivity index is 1.37. The molecule has 4 rings (SSSR count). The Labute approximate surface area is 141 Å². The molecule has 0 amide bonds. The zero-order chi connectivity index (χ0) is 16.2. The molecule has 2 aliphatic rings. The quantitative estimate of drug-likeness (QED) is 0.875. The van der Waals surface area contributed by atoms with Gasteiger partial charge in [0.05, 0.1) is 0 Å². The Morgan fingerprint density at radius 2 is 1.92 bits per heavy atom. The normalized spacial score (nSPS) is 16.8. The third kappa shape index (κ3) is 3.53. The van der Waals surface area contributed by atoms with Crippen molar-refractivity contribution in [1.82, 2.24) is 9.97 Å². The van der Waals surface area contributed by atoms with Crippen LogP contribution < -0.4 is 20.1 Å².